The largest absolute Gasteiger partial charge is 0.508 e. The molecule has 0 fully saturated rings. The zero-order valence-electron chi connectivity index (χ0n) is 11.5. The SMILES string of the molecule is NCS(=O)(=O)c1c[nH]c(=S)n1[C@H]1COc2ccc(O)cc2C1. The van der Waals surface area contributed by atoms with E-state index in [4.69, 9.17) is 22.7 Å². The van der Waals surface area contributed by atoms with Crippen LogP contribution in [0.25, 0.3) is 0 Å². The van der Waals surface area contributed by atoms with Gasteiger partial charge in [-0.3, -0.25) is 0 Å². The van der Waals surface area contributed by atoms with Crippen LogP contribution in [0.2, 0.25) is 0 Å². The lowest BCUT2D eigenvalue weighted by Crippen LogP contribution is -2.28. The van der Waals surface area contributed by atoms with Gasteiger partial charge in [0.2, 0.25) is 9.84 Å². The maximum Gasteiger partial charge on any atom is 0.208 e. The summed E-state index contributed by atoms with van der Waals surface area (Å²) in [4.78, 5) is 2.75. The Bertz CT molecular complexity index is 870. The van der Waals surface area contributed by atoms with Gasteiger partial charge in [-0.1, -0.05) is 0 Å². The van der Waals surface area contributed by atoms with E-state index in [2.05, 4.69) is 4.98 Å². The first kappa shape index (κ1) is 15.1. The summed E-state index contributed by atoms with van der Waals surface area (Å²) in [5.74, 6) is 0.319. The number of ether oxygens (including phenoxy) is 1. The molecule has 0 radical (unpaired) electrons. The van der Waals surface area contributed by atoms with E-state index in [0.717, 1.165) is 5.56 Å². The molecule has 0 bridgehead atoms. The number of rotatable bonds is 3. The summed E-state index contributed by atoms with van der Waals surface area (Å²) in [6.45, 7) is 0.289. The second-order valence-corrected chi connectivity index (χ2v) is 7.41. The molecule has 9 heteroatoms. The minimum atomic E-state index is -3.60. The fraction of sp³-hybridized carbons (Fsp3) is 0.308. The number of nitrogens with two attached hydrogens (primary N) is 1. The van der Waals surface area contributed by atoms with Crippen molar-refractivity contribution >= 4 is 22.1 Å². The number of nitrogens with one attached hydrogen (secondary N) is 1. The number of imidazole rings is 1. The average molecular weight is 341 g/mol. The van der Waals surface area contributed by atoms with Crippen LogP contribution in [0.3, 0.4) is 0 Å². The van der Waals surface area contributed by atoms with Crippen molar-refractivity contribution in [2.24, 2.45) is 5.73 Å². The lowest BCUT2D eigenvalue weighted by Gasteiger charge is -2.27. The minimum Gasteiger partial charge on any atom is -0.508 e. The summed E-state index contributed by atoms with van der Waals surface area (Å²) in [6, 6.07) is 4.55. The van der Waals surface area contributed by atoms with Gasteiger partial charge in [-0.2, -0.15) is 0 Å². The Morgan fingerprint density at radius 1 is 1.50 bits per heavy atom. The molecule has 1 aliphatic rings. The van der Waals surface area contributed by atoms with E-state index >= 15 is 0 Å². The molecule has 4 N–H and O–H groups in total. The highest BCUT2D eigenvalue weighted by atomic mass is 32.2. The first-order valence-electron chi connectivity index (χ1n) is 6.60. The number of aromatic nitrogens is 2. The van der Waals surface area contributed by atoms with Gasteiger partial charge in [0.1, 0.15) is 24.0 Å². The number of aromatic amines is 1. The number of aromatic hydroxyl groups is 1. The zero-order chi connectivity index (χ0) is 15.9. The fourth-order valence-corrected chi connectivity index (χ4v) is 3.88. The van der Waals surface area contributed by atoms with Gasteiger partial charge >= 0.3 is 0 Å². The van der Waals surface area contributed by atoms with Crippen molar-refractivity contribution in [1.82, 2.24) is 9.55 Å². The maximum absolute atomic E-state index is 12.1. The Hall–Kier alpha value is -1.84. The molecule has 1 aromatic heterocycles. The summed E-state index contributed by atoms with van der Waals surface area (Å²) < 4.78 is 31.6. The molecule has 0 amide bonds. The van der Waals surface area contributed by atoms with Crippen LogP contribution in [0.4, 0.5) is 0 Å². The highest BCUT2D eigenvalue weighted by molar-refractivity contribution is 7.91. The molecule has 7 nitrogen and oxygen atoms in total. The van der Waals surface area contributed by atoms with Gasteiger partial charge in [-0.05, 0) is 36.0 Å². The van der Waals surface area contributed by atoms with Crippen LogP contribution in [0.5, 0.6) is 11.5 Å². The second kappa shape index (κ2) is 5.41. The quantitative estimate of drug-likeness (QED) is 0.722. The molecule has 2 aromatic rings. The van der Waals surface area contributed by atoms with Crippen LogP contribution in [0, 0.1) is 4.77 Å². The van der Waals surface area contributed by atoms with E-state index in [1.54, 1.807) is 18.2 Å². The molecule has 0 aliphatic carbocycles. The van der Waals surface area contributed by atoms with Crippen LogP contribution in [0.1, 0.15) is 11.6 Å². The van der Waals surface area contributed by atoms with Crippen molar-refractivity contribution in [2.75, 3.05) is 12.5 Å². The topological polar surface area (TPSA) is 110 Å². The highest BCUT2D eigenvalue weighted by Crippen LogP contribution is 2.33. The third-order valence-corrected chi connectivity index (χ3v) is 5.31. The molecule has 1 aromatic carbocycles. The van der Waals surface area contributed by atoms with E-state index in [1.165, 1.54) is 10.8 Å². The third-order valence-electron chi connectivity index (χ3n) is 3.61. The van der Waals surface area contributed by atoms with Crippen LogP contribution in [0.15, 0.2) is 29.4 Å². The van der Waals surface area contributed by atoms with Crippen LogP contribution in [-0.4, -0.2) is 35.6 Å². The smallest absolute Gasteiger partial charge is 0.208 e. The molecule has 0 spiro atoms. The van der Waals surface area contributed by atoms with Gasteiger partial charge in [0.25, 0.3) is 0 Å². The van der Waals surface area contributed by atoms with Gasteiger partial charge in [0.15, 0.2) is 9.80 Å². The number of sulfone groups is 1. The highest BCUT2D eigenvalue weighted by Gasteiger charge is 2.28. The van der Waals surface area contributed by atoms with E-state index in [0.29, 0.717) is 16.9 Å². The summed E-state index contributed by atoms with van der Waals surface area (Å²) >= 11 is 5.19. The molecule has 1 aliphatic heterocycles. The van der Waals surface area contributed by atoms with Crippen LogP contribution in [-0.2, 0) is 16.3 Å². The summed E-state index contributed by atoms with van der Waals surface area (Å²) in [5, 5.41) is 9.63. The Kier molecular flexibility index (Phi) is 3.71. The van der Waals surface area contributed by atoms with E-state index < -0.39 is 15.7 Å². The molecular formula is C13H15N3O4S2. The predicted octanol–water partition coefficient (Wildman–Crippen LogP) is 1.12. The first-order chi connectivity index (χ1) is 10.4. The Morgan fingerprint density at radius 3 is 3.00 bits per heavy atom. The van der Waals surface area contributed by atoms with Gasteiger partial charge in [-0.25, -0.2) is 8.42 Å². The van der Waals surface area contributed by atoms with E-state index in [9.17, 15) is 13.5 Å². The molecular weight excluding hydrogens is 326 g/mol. The zero-order valence-corrected chi connectivity index (χ0v) is 13.2. The lowest BCUT2D eigenvalue weighted by molar-refractivity contribution is 0.216. The predicted molar refractivity (Wildman–Crippen MR) is 82.2 cm³/mol. The first-order valence-corrected chi connectivity index (χ1v) is 8.66. The molecule has 2 heterocycles. The summed E-state index contributed by atoms with van der Waals surface area (Å²) in [5.41, 5.74) is 6.13. The van der Waals surface area contributed by atoms with Gasteiger partial charge < -0.3 is 25.1 Å². The number of benzene rings is 1. The molecule has 0 unspecified atom stereocenters. The number of nitrogens with zero attached hydrogens (tertiary/aromatic N) is 1. The number of fused-ring (bicyclic) bond motifs is 1. The van der Waals surface area contributed by atoms with Crippen molar-refractivity contribution in [1.29, 1.82) is 0 Å². The van der Waals surface area contributed by atoms with Crippen LogP contribution < -0.4 is 10.5 Å². The molecule has 118 valence electrons. The van der Waals surface area contributed by atoms with Gasteiger partial charge in [0, 0.05) is 12.6 Å². The second-order valence-electron chi connectivity index (χ2n) is 5.04. The number of hydrogen-bond acceptors (Lipinski definition) is 6. The van der Waals surface area contributed by atoms with E-state index in [1.807, 2.05) is 0 Å². The minimum absolute atomic E-state index is 0.0530. The average Bonchev–Trinajstić information content (AvgIpc) is 2.89. The van der Waals surface area contributed by atoms with Crippen molar-refractivity contribution in [3.05, 3.63) is 34.7 Å². The monoisotopic (exact) mass is 341 g/mol. The number of phenols is 1. The molecule has 1 atom stereocenters. The van der Waals surface area contributed by atoms with Gasteiger partial charge in [-0.15, -0.1) is 0 Å². The van der Waals surface area contributed by atoms with Crippen molar-refractivity contribution in [3.8, 4) is 11.5 Å². The lowest BCUT2D eigenvalue weighted by atomic mass is 10.0. The third kappa shape index (κ3) is 2.51. The fourth-order valence-electron chi connectivity index (χ4n) is 2.56. The van der Waals surface area contributed by atoms with Crippen molar-refractivity contribution in [2.45, 2.75) is 17.5 Å². The Balaban J connectivity index is 2.04. The number of hydrogen-bond donors (Lipinski definition) is 3. The van der Waals surface area contributed by atoms with Crippen molar-refractivity contribution < 1.29 is 18.3 Å². The number of H-pyrrole nitrogens is 1. The Labute approximate surface area is 132 Å². The standard InChI is InChI=1S/C13H15N3O4S2/c14-7-22(18,19)12-5-15-13(21)16(12)9-3-8-4-10(17)1-2-11(8)20-6-9/h1-2,4-5,9,17H,3,6-7,14H2,(H,15,21)/t9-/m1/s1. The molecule has 22 heavy (non-hydrogen) atoms. The molecule has 0 saturated heterocycles. The van der Waals surface area contributed by atoms with Crippen molar-refractivity contribution in [3.63, 3.8) is 0 Å². The molecule has 3 rings (SSSR count). The number of phenolic OH excluding ortho intramolecular Hbond substituents is 1. The normalized spacial score (nSPS) is 17.8. The summed E-state index contributed by atoms with van der Waals surface area (Å²) in [6.07, 6.45) is 1.85. The summed E-state index contributed by atoms with van der Waals surface area (Å²) in [7, 11) is -3.60. The van der Waals surface area contributed by atoms with Gasteiger partial charge in [0.05, 0.1) is 6.04 Å². The van der Waals surface area contributed by atoms with Crippen LogP contribution >= 0.6 is 12.2 Å². The van der Waals surface area contributed by atoms with E-state index in [-0.39, 0.29) is 23.4 Å². The Morgan fingerprint density at radius 2 is 2.27 bits per heavy atom. The maximum atomic E-state index is 12.1. The molecule has 0 saturated carbocycles.